The molecule has 2 aromatic rings. The lowest BCUT2D eigenvalue weighted by molar-refractivity contribution is -0.118. The van der Waals surface area contributed by atoms with Crippen LogP contribution in [-0.2, 0) is 22.5 Å². The Kier molecular flexibility index (Phi) is 5.64. The SMILES string of the molecule is Cc1cc(CC(=O)N2CC(C)N(C(=O)OC(C)(C)C)Cc3ccc(F)cc32)no1. The first-order valence-corrected chi connectivity index (χ1v) is 9.54. The Bertz CT molecular complexity index is 919. The number of fused-ring (bicyclic) bond motifs is 1. The number of amides is 2. The average molecular weight is 403 g/mol. The van der Waals surface area contributed by atoms with Gasteiger partial charge in [0, 0.05) is 12.6 Å². The van der Waals surface area contributed by atoms with E-state index in [0.29, 0.717) is 22.7 Å². The summed E-state index contributed by atoms with van der Waals surface area (Å²) in [7, 11) is 0. The highest BCUT2D eigenvalue weighted by Crippen LogP contribution is 2.30. The molecule has 1 unspecified atom stereocenters. The minimum atomic E-state index is -0.644. The molecule has 1 atom stereocenters. The molecule has 0 aliphatic carbocycles. The standard InChI is InChI=1S/C21H26FN3O4/c1-13-11-25(19(26)10-17-8-14(2)29-23-17)18-9-16(22)7-6-15(18)12-24(13)20(27)28-21(3,4)5/h6-9,13H,10-12H2,1-5H3. The van der Waals surface area contributed by atoms with Crippen LogP contribution in [0, 0.1) is 12.7 Å². The van der Waals surface area contributed by atoms with Gasteiger partial charge in [0.25, 0.3) is 0 Å². The Balaban J connectivity index is 1.91. The molecule has 0 bridgehead atoms. The normalized spacial score (nSPS) is 17.0. The second-order valence-corrected chi connectivity index (χ2v) is 8.34. The van der Waals surface area contributed by atoms with Crippen molar-refractivity contribution in [1.29, 1.82) is 0 Å². The summed E-state index contributed by atoms with van der Waals surface area (Å²) in [4.78, 5) is 28.8. The number of carbonyl (C=O) groups is 2. The number of aromatic nitrogens is 1. The summed E-state index contributed by atoms with van der Waals surface area (Å²) in [5, 5.41) is 3.87. The number of halogens is 1. The second-order valence-electron chi connectivity index (χ2n) is 8.34. The summed E-state index contributed by atoms with van der Waals surface area (Å²) in [5.41, 5.74) is 0.987. The number of benzene rings is 1. The van der Waals surface area contributed by atoms with Gasteiger partial charge in [-0.25, -0.2) is 9.18 Å². The molecule has 0 spiro atoms. The maximum Gasteiger partial charge on any atom is 0.410 e. The van der Waals surface area contributed by atoms with Crippen LogP contribution < -0.4 is 4.90 Å². The van der Waals surface area contributed by atoms with Gasteiger partial charge in [-0.1, -0.05) is 11.2 Å². The van der Waals surface area contributed by atoms with E-state index >= 15 is 0 Å². The van der Waals surface area contributed by atoms with Crippen molar-refractivity contribution in [2.75, 3.05) is 11.4 Å². The van der Waals surface area contributed by atoms with Crippen molar-refractivity contribution in [3.63, 3.8) is 0 Å². The van der Waals surface area contributed by atoms with Gasteiger partial charge < -0.3 is 14.2 Å². The van der Waals surface area contributed by atoms with Gasteiger partial charge in [-0.05, 0) is 52.3 Å². The number of hydrogen-bond acceptors (Lipinski definition) is 5. The fraction of sp³-hybridized carbons (Fsp3) is 0.476. The predicted molar refractivity (Wildman–Crippen MR) is 105 cm³/mol. The van der Waals surface area contributed by atoms with Crippen molar-refractivity contribution < 1.29 is 23.2 Å². The summed E-state index contributed by atoms with van der Waals surface area (Å²) >= 11 is 0. The predicted octanol–water partition coefficient (Wildman–Crippen LogP) is 3.84. The number of aryl methyl sites for hydroxylation is 1. The lowest BCUT2D eigenvalue weighted by Gasteiger charge is -2.31. The van der Waals surface area contributed by atoms with Gasteiger partial charge in [0.2, 0.25) is 5.91 Å². The number of nitrogens with zero attached hydrogens (tertiary/aromatic N) is 3. The molecule has 8 heteroatoms. The summed E-state index contributed by atoms with van der Waals surface area (Å²) in [6.45, 7) is 9.42. The summed E-state index contributed by atoms with van der Waals surface area (Å²) in [6, 6.07) is 5.61. The van der Waals surface area contributed by atoms with E-state index in [1.807, 2.05) is 6.92 Å². The molecular formula is C21H26FN3O4. The number of anilines is 1. The maximum absolute atomic E-state index is 14.0. The highest BCUT2D eigenvalue weighted by molar-refractivity contribution is 5.95. The molecule has 0 fully saturated rings. The zero-order valence-corrected chi connectivity index (χ0v) is 17.4. The molecule has 156 valence electrons. The van der Waals surface area contributed by atoms with Gasteiger partial charge in [0.1, 0.15) is 17.2 Å². The zero-order chi connectivity index (χ0) is 21.3. The third kappa shape index (κ3) is 4.93. The Labute approximate surface area is 169 Å². The van der Waals surface area contributed by atoms with E-state index < -0.39 is 17.5 Å². The van der Waals surface area contributed by atoms with Crippen LogP contribution in [0.15, 0.2) is 28.8 Å². The van der Waals surface area contributed by atoms with Gasteiger partial charge in [0.15, 0.2) is 0 Å². The molecule has 1 aliphatic rings. The molecule has 0 radical (unpaired) electrons. The van der Waals surface area contributed by atoms with Crippen LogP contribution in [0.3, 0.4) is 0 Å². The van der Waals surface area contributed by atoms with Crippen LogP contribution >= 0.6 is 0 Å². The molecular weight excluding hydrogens is 377 g/mol. The molecule has 0 saturated heterocycles. The topological polar surface area (TPSA) is 75.9 Å². The Morgan fingerprint density at radius 3 is 2.66 bits per heavy atom. The Morgan fingerprint density at radius 2 is 2.03 bits per heavy atom. The molecule has 3 rings (SSSR count). The van der Waals surface area contributed by atoms with Gasteiger partial charge in [-0.15, -0.1) is 0 Å². The first-order valence-electron chi connectivity index (χ1n) is 9.54. The number of carbonyl (C=O) groups excluding carboxylic acids is 2. The first kappa shape index (κ1) is 20.8. The van der Waals surface area contributed by atoms with Crippen LogP contribution in [0.5, 0.6) is 0 Å². The number of hydrogen-bond donors (Lipinski definition) is 0. The summed E-state index contributed by atoms with van der Waals surface area (Å²) < 4.78 is 24.6. The van der Waals surface area contributed by atoms with Crippen LogP contribution in [0.25, 0.3) is 0 Å². The molecule has 7 nitrogen and oxygen atoms in total. The van der Waals surface area contributed by atoms with E-state index in [0.717, 1.165) is 0 Å². The molecule has 1 aromatic heterocycles. The fourth-order valence-corrected chi connectivity index (χ4v) is 3.28. The van der Waals surface area contributed by atoms with Crippen LogP contribution in [0.1, 0.15) is 44.7 Å². The van der Waals surface area contributed by atoms with Gasteiger partial charge in [-0.3, -0.25) is 9.69 Å². The highest BCUT2D eigenvalue weighted by atomic mass is 19.1. The number of rotatable bonds is 2. The zero-order valence-electron chi connectivity index (χ0n) is 17.4. The van der Waals surface area contributed by atoms with E-state index in [4.69, 9.17) is 9.26 Å². The van der Waals surface area contributed by atoms with Crippen molar-refractivity contribution in [2.24, 2.45) is 0 Å². The van der Waals surface area contributed by atoms with Gasteiger partial charge >= 0.3 is 6.09 Å². The third-order valence-corrected chi connectivity index (χ3v) is 4.60. The molecule has 0 N–H and O–H groups in total. The molecule has 29 heavy (non-hydrogen) atoms. The summed E-state index contributed by atoms with van der Waals surface area (Å²) in [6.07, 6.45) is -0.450. The van der Waals surface area contributed by atoms with Gasteiger partial charge in [-0.2, -0.15) is 0 Å². The van der Waals surface area contributed by atoms with Crippen LogP contribution in [-0.4, -0.2) is 40.2 Å². The lowest BCUT2D eigenvalue weighted by atomic mass is 10.1. The molecule has 0 saturated carbocycles. The van der Waals surface area contributed by atoms with Crippen molar-refractivity contribution in [3.05, 3.63) is 47.1 Å². The van der Waals surface area contributed by atoms with E-state index in [1.165, 1.54) is 17.0 Å². The third-order valence-electron chi connectivity index (χ3n) is 4.60. The van der Waals surface area contributed by atoms with Crippen molar-refractivity contribution in [2.45, 2.75) is 59.2 Å². The van der Waals surface area contributed by atoms with Crippen molar-refractivity contribution in [3.8, 4) is 0 Å². The average Bonchev–Trinajstić information content (AvgIpc) is 2.94. The molecule has 2 amide bonds. The monoisotopic (exact) mass is 403 g/mol. The smallest absolute Gasteiger partial charge is 0.410 e. The van der Waals surface area contributed by atoms with Crippen molar-refractivity contribution >= 4 is 17.7 Å². The highest BCUT2D eigenvalue weighted by Gasteiger charge is 2.33. The lowest BCUT2D eigenvalue weighted by Crippen LogP contribution is -2.46. The minimum Gasteiger partial charge on any atom is -0.444 e. The molecule has 2 heterocycles. The van der Waals surface area contributed by atoms with E-state index in [9.17, 15) is 14.0 Å². The van der Waals surface area contributed by atoms with Crippen molar-refractivity contribution in [1.82, 2.24) is 10.1 Å². The van der Waals surface area contributed by atoms with E-state index in [-0.39, 0.29) is 31.5 Å². The second kappa shape index (κ2) is 7.85. The quantitative estimate of drug-likeness (QED) is 0.762. The molecule has 1 aromatic carbocycles. The fourth-order valence-electron chi connectivity index (χ4n) is 3.28. The summed E-state index contributed by atoms with van der Waals surface area (Å²) in [5.74, 6) is -0.0835. The first-order chi connectivity index (χ1) is 13.5. The Morgan fingerprint density at radius 1 is 1.31 bits per heavy atom. The van der Waals surface area contributed by atoms with Gasteiger partial charge in [0.05, 0.1) is 30.4 Å². The Hall–Kier alpha value is -2.90. The van der Waals surface area contributed by atoms with E-state index in [1.54, 1.807) is 44.7 Å². The largest absolute Gasteiger partial charge is 0.444 e. The molecule has 1 aliphatic heterocycles. The van der Waals surface area contributed by atoms with Crippen LogP contribution in [0.2, 0.25) is 0 Å². The van der Waals surface area contributed by atoms with E-state index in [2.05, 4.69) is 5.16 Å². The maximum atomic E-state index is 14.0. The van der Waals surface area contributed by atoms with Crippen LogP contribution in [0.4, 0.5) is 14.9 Å². The number of ether oxygens (including phenoxy) is 1. The minimum absolute atomic E-state index is 0.0203.